The normalized spacial score (nSPS) is 18.1. The summed E-state index contributed by atoms with van der Waals surface area (Å²) in [5.74, 6) is 0.365. The van der Waals surface area contributed by atoms with Crippen LogP contribution in [0, 0.1) is 0 Å². The van der Waals surface area contributed by atoms with Gasteiger partial charge in [-0.25, -0.2) is 9.69 Å². The van der Waals surface area contributed by atoms with Gasteiger partial charge in [0.15, 0.2) is 0 Å². The minimum absolute atomic E-state index is 0.168. The van der Waals surface area contributed by atoms with Gasteiger partial charge in [-0.3, -0.25) is 4.79 Å². The summed E-state index contributed by atoms with van der Waals surface area (Å²) >= 11 is 5.59. The largest absolute Gasteiger partial charge is 0.447 e. The van der Waals surface area contributed by atoms with E-state index in [9.17, 15) is 9.59 Å². The number of unbranched alkanes of at least 4 members (excludes halogenated alkanes) is 1. The number of nitrogens with zero attached hydrogens (tertiary/aromatic N) is 1. The van der Waals surface area contributed by atoms with Crippen molar-refractivity contribution in [3.05, 3.63) is 35.9 Å². The first-order valence-corrected chi connectivity index (χ1v) is 7.34. The van der Waals surface area contributed by atoms with Crippen LogP contribution in [-0.4, -0.2) is 35.4 Å². The Morgan fingerprint density at radius 1 is 1.30 bits per heavy atom. The van der Waals surface area contributed by atoms with E-state index in [4.69, 9.17) is 16.3 Å². The minimum atomic E-state index is -0.526. The molecule has 0 unspecified atom stereocenters. The molecule has 1 aromatic carbocycles. The second kappa shape index (κ2) is 7.29. The number of benzene rings is 1. The van der Waals surface area contributed by atoms with E-state index in [1.54, 1.807) is 0 Å². The lowest BCUT2D eigenvalue weighted by atomic mass is 10.1. The monoisotopic (exact) mass is 295 g/mol. The number of rotatable bonds is 6. The maximum absolute atomic E-state index is 12.1. The van der Waals surface area contributed by atoms with Gasteiger partial charge < -0.3 is 4.74 Å². The van der Waals surface area contributed by atoms with Crippen molar-refractivity contribution in [1.82, 2.24) is 4.90 Å². The minimum Gasteiger partial charge on any atom is -0.447 e. The van der Waals surface area contributed by atoms with Crippen LogP contribution in [0.1, 0.15) is 24.8 Å². The lowest BCUT2D eigenvalue weighted by Crippen LogP contribution is -2.40. The molecule has 0 radical (unpaired) electrons. The zero-order valence-electron chi connectivity index (χ0n) is 11.3. The van der Waals surface area contributed by atoms with Crippen LogP contribution in [0.25, 0.3) is 0 Å². The number of hydrogen-bond donors (Lipinski definition) is 0. The van der Waals surface area contributed by atoms with Gasteiger partial charge in [0.05, 0.1) is 6.04 Å². The highest BCUT2D eigenvalue weighted by Gasteiger charge is 2.37. The van der Waals surface area contributed by atoms with Crippen molar-refractivity contribution in [1.29, 1.82) is 0 Å². The number of imide groups is 1. The molecule has 1 heterocycles. The molecule has 20 heavy (non-hydrogen) atoms. The summed E-state index contributed by atoms with van der Waals surface area (Å²) in [6.07, 6.45) is 1.92. The number of cyclic esters (lactones) is 1. The number of halogens is 1. The van der Waals surface area contributed by atoms with Crippen molar-refractivity contribution in [2.45, 2.75) is 31.7 Å². The molecule has 0 saturated carbocycles. The molecule has 1 atom stereocenters. The Labute approximate surface area is 123 Å². The zero-order chi connectivity index (χ0) is 14.4. The number of carbonyl (C=O) groups excluding carboxylic acids is 2. The molecule has 1 fully saturated rings. The first-order chi connectivity index (χ1) is 9.72. The van der Waals surface area contributed by atoms with Crippen molar-refractivity contribution in [2.24, 2.45) is 0 Å². The van der Waals surface area contributed by atoms with Gasteiger partial charge in [0.25, 0.3) is 0 Å². The van der Waals surface area contributed by atoms with Crippen molar-refractivity contribution in [2.75, 3.05) is 12.5 Å². The van der Waals surface area contributed by atoms with Gasteiger partial charge in [0, 0.05) is 12.3 Å². The van der Waals surface area contributed by atoms with E-state index in [1.165, 1.54) is 4.90 Å². The van der Waals surface area contributed by atoms with E-state index in [-0.39, 0.29) is 18.6 Å². The van der Waals surface area contributed by atoms with Gasteiger partial charge >= 0.3 is 6.09 Å². The summed E-state index contributed by atoms with van der Waals surface area (Å²) in [5.41, 5.74) is 1.09. The average Bonchev–Trinajstić information content (AvgIpc) is 2.81. The third kappa shape index (κ3) is 3.73. The Kier molecular flexibility index (Phi) is 5.41. The highest BCUT2D eigenvalue weighted by molar-refractivity contribution is 6.17. The maximum atomic E-state index is 12.1. The zero-order valence-corrected chi connectivity index (χ0v) is 12.0. The smallest absolute Gasteiger partial charge is 0.416 e. The van der Waals surface area contributed by atoms with Gasteiger partial charge in [-0.05, 0) is 24.8 Å². The van der Waals surface area contributed by atoms with Gasteiger partial charge in [-0.2, -0.15) is 0 Å². The predicted octanol–water partition coefficient (Wildman–Crippen LogP) is 2.99. The predicted molar refractivity (Wildman–Crippen MR) is 76.7 cm³/mol. The number of carbonyl (C=O) groups is 2. The molecule has 1 aromatic rings. The van der Waals surface area contributed by atoms with E-state index in [0.29, 0.717) is 25.1 Å². The van der Waals surface area contributed by atoms with Crippen LogP contribution in [0.3, 0.4) is 0 Å². The van der Waals surface area contributed by atoms with Crippen LogP contribution in [0.4, 0.5) is 4.79 Å². The summed E-state index contributed by atoms with van der Waals surface area (Å²) in [6, 6.07) is 9.60. The molecule has 1 aliphatic heterocycles. The fraction of sp³-hybridized carbons (Fsp3) is 0.467. The molecule has 1 aliphatic rings. The number of amides is 2. The summed E-state index contributed by atoms with van der Waals surface area (Å²) in [7, 11) is 0. The summed E-state index contributed by atoms with van der Waals surface area (Å²) < 4.78 is 5.02. The Morgan fingerprint density at radius 2 is 2.05 bits per heavy atom. The van der Waals surface area contributed by atoms with Crippen molar-refractivity contribution in [3.8, 4) is 0 Å². The Hall–Kier alpha value is -1.55. The molecule has 1 saturated heterocycles. The Morgan fingerprint density at radius 3 is 2.75 bits per heavy atom. The molecule has 108 valence electrons. The SMILES string of the molecule is O=C(CCCCCl)N1C(=O)OC[C@H]1Cc1ccccc1. The van der Waals surface area contributed by atoms with E-state index < -0.39 is 6.09 Å². The summed E-state index contributed by atoms with van der Waals surface area (Å²) in [5, 5.41) is 0. The number of hydrogen-bond acceptors (Lipinski definition) is 3. The topological polar surface area (TPSA) is 46.6 Å². The molecule has 4 nitrogen and oxygen atoms in total. The second-order valence-electron chi connectivity index (χ2n) is 4.83. The molecular formula is C15H18ClNO3. The molecule has 2 amide bonds. The molecule has 0 aliphatic carbocycles. The van der Waals surface area contributed by atoms with Crippen LogP contribution < -0.4 is 0 Å². The van der Waals surface area contributed by atoms with E-state index >= 15 is 0 Å². The van der Waals surface area contributed by atoms with Crippen LogP contribution in [0.15, 0.2) is 30.3 Å². The van der Waals surface area contributed by atoms with E-state index in [2.05, 4.69) is 0 Å². The van der Waals surface area contributed by atoms with Gasteiger partial charge in [0.1, 0.15) is 6.61 Å². The first kappa shape index (κ1) is 14.9. The van der Waals surface area contributed by atoms with Crippen LogP contribution in [-0.2, 0) is 16.0 Å². The van der Waals surface area contributed by atoms with Crippen molar-refractivity contribution >= 4 is 23.6 Å². The second-order valence-corrected chi connectivity index (χ2v) is 5.21. The molecule has 0 bridgehead atoms. The fourth-order valence-electron chi connectivity index (χ4n) is 2.29. The number of alkyl halides is 1. The highest BCUT2D eigenvalue weighted by Crippen LogP contribution is 2.19. The van der Waals surface area contributed by atoms with E-state index in [1.807, 2.05) is 30.3 Å². The molecule has 5 heteroatoms. The Balaban J connectivity index is 1.97. The van der Waals surface area contributed by atoms with Gasteiger partial charge in [-0.1, -0.05) is 30.3 Å². The van der Waals surface area contributed by atoms with Crippen LogP contribution in [0.5, 0.6) is 0 Å². The lowest BCUT2D eigenvalue weighted by molar-refractivity contribution is -0.129. The van der Waals surface area contributed by atoms with Gasteiger partial charge in [-0.15, -0.1) is 11.6 Å². The quantitative estimate of drug-likeness (QED) is 0.599. The molecule has 0 spiro atoms. The Bertz CT molecular complexity index is 463. The van der Waals surface area contributed by atoms with Crippen molar-refractivity contribution in [3.63, 3.8) is 0 Å². The third-order valence-corrected chi connectivity index (χ3v) is 3.59. The molecule has 0 aromatic heterocycles. The summed E-state index contributed by atoms with van der Waals surface area (Å²) in [6.45, 7) is 0.273. The lowest BCUT2D eigenvalue weighted by Gasteiger charge is -2.19. The van der Waals surface area contributed by atoms with Crippen molar-refractivity contribution < 1.29 is 14.3 Å². The fourth-order valence-corrected chi connectivity index (χ4v) is 2.48. The maximum Gasteiger partial charge on any atom is 0.416 e. The van der Waals surface area contributed by atoms with Crippen LogP contribution in [0.2, 0.25) is 0 Å². The standard InChI is InChI=1S/C15H18ClNO3/c16-9-5-4-8-14(18)17-13(11-20-15(17)19)10-12-6-2-1-3-7-12/h1-3,6-7,13H,4-5,8-11H2/t13-/m1/s1. The summed E-state index contributed by atoms with van der Waals surface area (Å²) in [4.78, 5) is 25.1. The first-order valence-electron chi connectivity index (χ1n) is 6.81. The van der Waals surface area contributed by atoms with E-state index in [0.717, 1.165) is 12.0 Å². The highest BCUT2D eigenvalue weighted by atomic mass is 35.5. The molecular weight excluding hydrogens is 278 g/mol. The molecule has 2 rings (SSSR count). The molecule has 0 N–H and O–H groups in total. The average molecular weight is 296 g/mol. The van der Waals surface area contributed by atoms with Crippen LogP contribution >= 0.6 is 11.6 Å². The van der Waals surface area contributed by atoms with Gasteiger partial charge in [0.2, 0.25) is 5.91 Å². The third-order valence-electron chi connectivity index (χ3n) is 3.32. The number of ether oxygens (including phenoxy) is 1.